The van der Waals surface area contributed by atoms with Gasteiger partial charge in [0.2, 0.25) is 0 Å². The smallest absolute Gasteiger partial charge is 0.171 e. The van der Waals surface area contributed by atoms with E-state index in [0.29, 0.717) is 0 Å². The summed E-state index contributed by atoms with van der Waals surface area (Å²) in [4.78, 5) is 6.85. The molecule has 0 bridgehead atoms. The fraction of sp³-hybridized carbons (Fsp3) is 0.643. The highest BCUT2D eigenvalue weighted by Crippen LogP contribution is 2.31. The monoisotopic (exact) mass is 312 g/mol. The number of rotatable bonds is 5. The second-order valence-corrected chi connectivity index (χ2v) is 5.86. The average molecular weight is 313 g/mol. The third-order valence-electron chi connectivity index (χ3n) is 3.22. The van der Waals surface area contributed by atoms with Crippen LogP contribution in [0.4, 0.5) is 5.82 Å². The summed E-state index contributed by atoms with van der Waals surface area (Å²) in [6.07, 6.45) is 4.53. The number of halogens is 1. The van der Waals surface area contributed by atoms with Gasteiger partial charge in [-0.3, -0.25) is 0 Å². The van der Waals surface area contributed by atoms with Crippen LogP contribution < -0.4 is 9.64 Å². The molecule has 1 aliphatic rings. The molecule has 1 fully saturated rings. The minimum Gasteiger partial charge on any atom is -0.487 e. The van der Waals surface area contributed by atoms with Crippen LogP contribution >= 0.6 is 15.9 Å². The number of nitrogens with zero attached hydrogens (tertiary/aromatic N) is 2. The summed E-state index contributed by atoms with van der Waals surface area (Å²) >= 11 is 3.52. The van der Waals surface area contributed by atoms with Gasteiger partial charge in [-0.2, -0.15) is 0 Å². The van der Waals surface area contributed by atoms with Crippen molar-refractivity contribution in [2.24, 2.45) is 5.92 Å². The van der Waals surface area contributed by atoms with Crippen molar-refractivity contribution in [3.8, 4) is 5.75 Å². The predicted molar refractivity (Wildman–Crippen MR) is 78.7 cm³/mol. The quantitative estimate of drug-likeness (QED) is 0.778. The molecular formula is C14H21BrN2O. The lowest BCUT2D eigenvalue weighted by Crippen LogP contribution is -2.22. The molecule has 4 heteroatoms. The first-order valence-corrected chi connectivity index (χ1v) is 7.75. The maximum atomic E-state index is 5.84. The molecule has 0 N–H and O–H groups in total. The second kappa shape index (κ2) is 6.41. The van der Waals surface area contributed by atoms with Gasteiger partial charge >= 0.3 is 0 Å². The summed E-state index contributed by atoms with van der Waals surface area (Å²) in [6.45, 7) is 6.28. The van der Waals surface area contributed by atoms with Crippen molar-refractivity contribution in [3.05, 3.63) is 18.3 Å². The highest BCUT2D eigenvalue weighted by molar-refractivity contribution is 9.09. The predicted octanol–water partition coefficient (Wildman–Crippen LogP) is 3.48. The molecule has 1 aromatic heterocycles. The highest BCUT2D eigenvalue weighted by Gasteiger charge is 2.25. The van der Waals surface area contributed by atoms with E-state index in [1.807, 2.05) is 18.3 Å². The molecule has 0 amide bonds. The molecule has 0 saturated carbocycles. The van der Waals surface area contributed by atoms with Crippen molar-refractivity contribution in [3.63, 3.8) is 0 Å². The number of anilines is 1. The van der Waals surface area contributed by atoms with Gasteiger partial charge in [-0.1, -0.05) is 15.9 Å². The highest BCUT2D eigenvalue weighted by atomic mass is 79.9. The lowest BCUT2D eigenvalue weighted by atomic mass is 10.1. The van der Waals surface area contributed by atoms with Crippen LogP contribution in [0.15, 0.2) is 18.3 Å². The van der Waals surface area contributed by atoms with Crippen LogP contribution in [0.2, 0.25) is 0 Å². The van der Waals surface area contributed by atoms with Crippen molar-refractivity contribution in [2.75, 3.05) is 23.3 Å². The van der Waals surface area contributed by atoms with Crippen LogP contribution in [0.5, 0.6) is 5.75 Å². The van der Waals surface area contributed by atoms with Crippen LogP contribution in [0.25, 0.3) is 0 Å². The maximum Gasteiger partial charge on any atom is 0.171 e. The van der Waals surface area contributed by atoms with E-state index in [2.05, 4.69) is 39.7 Å². The molecule has 0 spiro atoms. The van der Waals surface area contributed by atoms with Gasteiger partial charge in [0.15, 0.2) is 11.6 Å². The second-order valence-electron chi connectivity index (χ2n) is 5.07. The van der Waals surface area contributed by atoms with E-state index in [0.717, 1.165) is 35.9 Å². The Hall–Kier alpha value is -0.770. The van der Waals surface area contributed by atoms with Gasteiger partial charge in [0, 0.05) is 24.6 Å². The Morgan fingerprint density at radius 2 is 2.39 bits per heavy atom. The fourth-order valence-electron chi connectivity index (χ4n) is 2.38. The van der Waals surface area contributed by atoms with Gasteiger partial charge in [0.05, 0.1) is 6.10 Å². The first-order chi connectivity index (χ1) is 8.70. The fourth-order valence-corrected chi connectivity index (χ4v) is 3.03. The molecule has 1 atom stereocenters. The Morgan fingerprint density at radius 1 is 1.56 bits per heavy atom. The molecule has 0 aliphatic carbocycles. The van der Waals surface area contributed by atoms with Gasteiger partial charge in [0.1, 0.15) is 0 Å². The molecule has 1 aliphatic heterocycles. The van der Waals surface area contributed by atoms with Gasteiger partial charge in [-0.15, -0.1) is 0 Å². The minimum absolute atomic E-state index is 0.189. The Labute approximate surface area is 118 Å². The Kier molecular flexibility index (Phi) is 4.87. The van der Waals surface area contributed by atoms with Crippen molar-refractivity contribution in [1.82, 2.24) is 4.98 Å². The average Bonchev–Trinajstić information content (AvgIpc) is 2.78. The van der Waals surface area contributed by atoms with Crippen molar-refractivity contribution in [2.45, 2.75) is 32.8 Å². The van der Waals surface area contributed by atoms with Crippen molar-refractivity contribution < 1.29 is 4.74 Å². The van der Waals surface area contributed by atoms with Crippen molar-refractivity contribution >= 4 is 21.7 Å². The SMILES string of the molecule is CC(C)Oc1cccnc1N1CCC(CCBr)C1. The zero-order valence-corrected chi connectivity index (χ0v) is 12.7. The maximum absolute atomic E-state index is 5.84. The van der Waals surface area contributed by atoms with E-state index in [4.69, 9.17) is 4.74 Å². The molecule has 18 heavy (non-hydrogen) atoms. The molecule has 1 saturated heterocycles. The number of ether oxygens (including phenoxy) is 1. The minimum atomic E-state index is 0.189. The van der Waals surface area contributed by atoms with Gasteiger partial charge in [0.25, 0.3) is 0 Å². The summed E-state index contributed by atoms with van der Waals surface area (Å²) < 4.78 is 5.84. The summed E-state index contributed by atoms with van der Waals surface area (Å²) in [5, 5.41) is 1.09. The number of hydrogen-bond donors (Lipinski definition) is 0. The van der Waals surface area contributed by atoms with E-state index in [-0.39, 0.29) is 6.10 Å². The summed E-state index contributed by atoms with van der Waals surface area (Å²) in [6, 6.07) is 3.95. The van der Waals surface area contributed by atoms with Crippen LogP contribution in [-0.2, 0) is 0 Å². The standard InChI is InChI=1S/C14H21BrN2O/c1-11(2)18-13-4-3-8-16-14(13)17-9-6-12(10-17)5-7-15/h3-4,8,11-12H,5-7,9-10H2,1-2H3. The zero-order valence-electron chi connectivity index (χ0n) is 11.1. The molecular weight excluding hydrogens is 292 g/mol. The third-order valence-corrected chi connectivity index (χ3v) is 3.67. The first-order valence-electron chi connectivity index (χ1n) is 6.63. The van der Waals surface area contributed by atoms with Gasteiger partial charge < -0.3 is 9.64 Å². The molecule has 3 nitrogen and oxygen atoms in total. The summed E-state index contributed by atoms with van der Waals surface area (Å²) in [7, 11) is 0. The normalized spacial score (nSPS) is 19.6. The molecule has 2 heterocycles. The number of alkyl halides is 1. The number of pyridine rings is 1. The lowest BCUT2D eigenvalue weighted by Gasteiger charge is -2.21. The Balaban J connectivity index is 2.09. The zero-order chi connectivity index (χ0) is 13.0. The van der Waals surface area contributed by atoms with E-state index in [1.54, 1.807) is 0 Å². The number of aromatic nitrogens is 1. The van der Waals surface area contributed by atoms with E-state index in [1.165, 1.54) is 12.8 Å². The van der Waals surface area contributed by atoms with E-state index >= 15 is 0 Å². The molecule has 0 aromatic carbocycles. The molecule has 0 radical (unpaired) electrons. The van der Waals surface area contributed by atoms with Gasteiger partial charge in [-0.25, -0.2) is 4.98 Å². The van der Waals surface area contributed by atoms with Crippen LogP contribution in [-0.4, -0.2) is 29.5 Å². The van der Waals surface area contributed by atoms with Gasteiger partial charge in [-0.05, 0) is 44.7 Å². The Bertz CT molecular complexity index is 384. The summed E-state index contributed by atoms with van der Waals surface area (Å²) in [5.41, 5.74) is 0. The van der Waals surface area contributed by atoms with Crippen molar-refractivity contribution in [1.29, 1.82) is 0 Å². The van der Waals surface area contributed by atoms with E-state index < -0.39 is 0 Å². The molecule has 1 unspecified atom stereocenters. The Morgan fingerprint density at radius 3 is 3.11 bits per heavy atom. The largest absolute Gasteiger partial charge is 0.487 e. The third kappa shape index (κ3) is 3.37. The summed E-state index contributed by atoms with van der Waals surface area (Å²) in [5.74, 6) is 2.69. The molecule has 100 valence electrons. The topological polar surface area (TPSA) is 25.4 Å². The van der Waals surface area contributed by atoms with Crippen LogP contribution in [0.1, 0.15) is 26.7 Å². The first kappa shape index (κ1) is 13.7. The molecule has 1 aromatic rings. The van der Waals surface area contributed by atoms with Crippen LogP contribution in [0.3, 0.4) is 0 Å². The van der Waals surface area contributed by atoms with E-state index in [9.17, 15) is 0 Å². The van der Waals surface area contributed by atoms with Crippen LogP contribution in [0, 0.1) is 5.92 Å². The molecule has 2 rings (SSSR count). The lowest BCUT2D eigenvalue weighted by molar-refractivity contribution is 0.242. The number of hydrogen-bond acceptors (Lipinski definition) is 3.